The van der Waals surface area contributed by atoms with Gasteiger partial charge in [-0.05, 0) is 30.2 Å². The van der Waals surface area contributed by atoms with Crippen LogP contribution in [0, 0.1) is 16.0 Å². The largest absolute Gasteiger partial charge is 0.451 e. The van der Waals surface area contributed by atoms with Crippen molar-refractivity contribution >= 4 is 22.6 Å². The van der Waals surface area contributed by atoms with Gasteiger partial charge in [-0.3, -0.25) is 14.9 Å². The highest BCUT2D eigenvalue weighted by atomic mass is 16.6. The van der Waals surface area contributed by atoms with E-state index in [9.17, 15) is 14.9 Å². The van der Waals surface area contributed by atoms with Crippen molar-refractivity contribution in [2.24, 2.45) is 11.7 Å². The number of nitrogens with two attached hydrogens (primary N) is 1. The van der Waals surface area contributed by atoms with E-state index in [0.29, 0.717) is 30.6 Å². The third kappa shape index (κ3) is 3.17. The summed E-state index contributed by atoms with van der Waals surface area (Å²) in [5.41, 5.74) is 7.54. The summed E-state index contributed by atoms with van der Waals surface area (Å²) in [5, 5.41) is 11.5. The summed E-state index contributed by atoms with van der Waals surface area (Å²) in [7, 11) is 0. The highest BCUT2D eigenvalue weighted by molar-refractivity contribution is 5.96. The lowest BCUT2D eigenvalue weighted by Gasteiger charge is -2.16. The summed E-state index contributed by atoms with van der Waals surface area (Å²) >= 11 is 0. The second-order valence-corrected chi connectivity index (χ2v) is 6.81. The summed E-state index contributed by atoms with van der Waals surface area (Å²) in [6, 6.07) is 15.9. The molecule has 4 rings (SSSR count). The highest BCUT2D eigenvalue weighted by Crippen LogP contribution is 2.33. The number of hydrogen-bond donors (Lipinski definition) is 1. The predicted octanol–water partition coefficient (Wildman–Crippen LogP) is 3.16. The SMILES string of the molecule is NC[C@@H]1CN(C(=O)c2cc3cc([N+](=O)[O-])ccc3o2)C[C@H]1c1ccccc1. The van der Waals surface area contributed by atoms with Crippen LogP contribution in [0.5, 0.6) is 0 Å². The van der Waals surface area contributed by atoms with Crippen LogP contribution in [0.2, 0.25) is 0 Å². The standard InChI is InChI=1S/C20H19N3O4/c21-10-15-11-22(12-17(15)13-4-2-1-3-5-13)20(24)19-9-14-8-16(23(25)26)6-7-18(14)27-19/h1-9,15,17H,10-12,21H2/t15-,17+/m1/s1. The number of nitrogens with zero attached hydrogens (tertiary/aromatic N) is 2. The molecule has 0 aliphatic carbocycles. The number of hydrogen-bond acceptors (Lipinski definition) is 5. The fourth-order valence-corrected chi connectivity index (χ4v) is 3.76. The number of benzene rings is 2. The van der Waals surface area contributed by atoms with Gasteiger partial charge in [-0.1, -0.05) is 30.3 Å². The second kappa shape index (κ2) is 6.85. The van der Waals surface area contributed by atoms with Crippen LogP contribution in [0.15, 0.2) is 59.0 Å². The minimum Gasteiger partial charge on any atom is -0.451 e. The number of non-ortho nitro benzene ring substituents is 1. The van der Waals surface area contributed by atoms with Crippen LogP contribution in [-0.4, -0.2) is 35.4 Å². The number of rotatable bonds is 4. The van der Waals surface area contributed by atoms with E-state index >= 15 is 0 Å². The zero-order valence-electron chi connectivity index (χ0n) is 14.6. The number of amides is 1. The van der Waals surface area contributed by atoms with Gasteiger partial charge in [0.25, 0.3) is 11.6 Å². The molecule has 0 bridgehead atoms. The zero-order valence-corrected chi connectivity index (χ0v) is 14.6. The summed E-state index contributed by atoms with van der Waals surface area (Å²) < 4.78 is 5.64. The monoisotopic (exact) mass is 365 g/mol. The van der Waals surface area contributed by atoms with E-state index in [1.807, 2.05) is 18.2 Å². The Morgan fingerprint density at radius 3 is 2.67 bits per heavy atom. The van der Waals surface area contributed by atoms with Crippen molar-refractivity contribution in [3.63, 3.8) is 0 Å². The lowest BCUT2D eigenvalue weighted by atomic mass is 9.89. The molecule has 0 unspecified atom stereocenters. The zero-order chi connectivity index (χ0) is 19.0. The molecule has 2 aromatic carbocycles. The van der Waals surface area contributed by atoms with Crippen LogP contribution < -0.4 is 5.73 Å². The molecule has 2 N–H and O–H groups in total. The van der Waals surface area contributed by atoms with Gasteiger partial charge in [0.15, 0.2) is 5.76 Å². The third-order valence-corrected chi connectivity index (χ3v) is 5.18. The average molecular weight is 365 g/mol. The van der Waals surface area contributed by atoms with E-state index in [4.69, 9.17) is 10.2 Å². The van der Waals surface area contributed by atoms with Gasteiger partial charge in [-0.25, -0.2) is 0 Å². The van der Waals surface area contributed by atoms with Gasteiger partial charge in [-0.2, -0.15) is 0 Å². The van der Waals surface area contributed by atoms with E-state index in [0.717, 1.165) is 0 Å². The predicted molar refractivity (Wildman–Crippen MR) is 100 cm³/mol. The highest BCUT2D eigenvalue weighted by Gasteiger charge is 2.36. The van der Waals surface area contributed by atoms with Crippen molar-refractivity contribution in [3.05, 3.63) is 76.0 Å². The first-order chi connectivity index (χ1) is 13.1. The minimum absolute atomic E-state index is 0.0317. The lowest BCUT2D eigenvalue weighted by Crippen LogP contribution is -2.29. The van der Waals surface area contributed by atoms with E-state index in [-0.39, 0.29) is 29.2 Å². The molecule has 1 amide bonds. The fraction of sp³-hybridized carbons (Fsp3) is 0.250. The lowest BCUT2D eigenvalue weighted by molar-refractivity contribution is -0.384. The van der Waals surface area contributed by atoms with E-state index in [1.54, 1.807) is 11.0 Å². The molecule has 2 heterocycles. The molecule has 27 heavy (non-hydrogen) atoms. The smallest absolute Gasteiger partial charge is 0.289 e. The van der Waals surface area contributed by atoms with Crippen molar-refractivity contribution < 1.29 is 14.1 Å². The number of fused-ring (bicyclic) bond motifs is 1. The maximum atomic E-state index is 12.9. The Bertz CT molecular complexity index is 999. The quantitative estimate of drug-likeness (QED) is 0.565. The van der Waals surface area contributed by atoms with Crippen LogP contribution in [0.4, 0.5) is 5.69 Å². The molecule has 1 aliphatic rings. The van der Waals surface area contributed by atoms with E-state index in [1.165, 1.54) is 23.8 Å². The van der Waals surface area contributed by atoms with Crippen LogP contribution in [0.3, 0.4) is 0 Å². The molecule has 2 atom stereocenters. The first-order valence-corrected chi connectivity index (χ1v) is 8.79. The van der Waals surface area contributed by atoms with Crippen molar-refractivity contribution in [1.29, 1.82) is 0 Å². The number of nitro benzene ring substituents is 1. The Labute approximate surface area is 155 Å². The number of carbonyl (C=O) groups excluding carboxylic acids is 1. The first kappa shape index (κ1) is 17.2. The van der Waals surface area contributed by atoms with Gasteiger partial charge in [0.2, 0.25) is 0 Å². The molecular weight excluding hydrogens is 346 g/mol. The first-order valence-electron chi connectivity index (χ1n) is 8.79. The molecule has 1 fully saturated rings. The van der Waals surface area contributed by atoms with Gasteiger partial charge in [0, 0.05) is 36.5 Å². The molecule has 1 aromatic heterocycles. The van der Waals surface area contributed by atoms with Crippen LogP contribution >= 0.6 is 0 Å². The fourth-order valence-electron chi connectivity index (χ4n) is 3.76. The maximum Gasteiger partial charge on any atom is 0.289 e. The van der Waals surface area contributed by atoms with Gasteiger partial charge >= 0.3 is 0 Å². The molecule has 3 aromatic rings. The summed E-state index contributed by atoms with van der Waals surface area (Å²) in [4.78, 5) is 25.1. The normalized spacial score (nSPS) is 19.5. The molecular formula is C20H19N3O4. The van der Waals surface area contributed by atoms with Crippen LogP contribution in [-0.2, 0) is 0 Å². The Hall–Kier alpha value is -3.19. The maximum absolute atomic E-state index is 12.9. The molecule has 0 spiro atoms. The molecule has 0 radical (unpaired) electrons. The molecule has 7 heteroatoms. The van der Waals surface area contributed by atoms with Gasteiger partial charge in [0.05, 0.1) is 4.92 Å². The Balaban J connectivity index is 1.59. The number of carbonyl (C=O) groups is 1. The van der Waals surface area contributed by atoms with E-state index in [2.05, 4.69) is 12.1 Å². The Morgan fingerprint density at radius 1 is 1.19 bits per heavy atom. The van der Waals surface area contributed by atoms with E-state index < -0.39 is 4.92 Å². The van der Waals surface area contributed by atoms with Crippen molar-refractivity contribution in [3.8, 4) is 0 Å². The van der Waals surface area contributed by atoms with Gasteiger partial charge in [0.1, 0.15) is 5.58 Å². The third-order valence-electron chi connectivity index (χ3n) is 5.18. The summed E-state index contributed by atoms with van der Waals surface area (Å²) in [6.07, 6.45) is 0. The number of nitro groups is 1. The van der Waals surface area contributed by atoms with Gasteiger partial charge < -0.3 is 15.1 Å². The summed E-state index contributed by atoms with van der Waals surface area (Å²) in [6.45, 7) is 1.63. The van der Waals surface area contributed by atoms with Gasteiger partial charge in [-0.15, -0.1) is 0 Å². The molecule has 0 saturated carbocycles. The van der Waals surface area contributed by atoms with Crippen molar-refractivity contribution in [2.75, 3.05) is 19.6 Å². The summed E-state index contributed by atoms with van der Waals surface area (Å²) in [5.74, 6) is 0.341. The molecule has 1 aliphatic heterocycles. The minimum atomic E-state index is -0.468. The second-order valence-electron chi connectivity index (χ2n) is 6.81. The molecule has 138 valence electrons. The topological polar surface area (TPSA) is 103 Å². The number of likely N-dealkylation sites (tertiary alicyclic amines) is 1. The number of furan rings is 1. The Kier molecular flexibility index (Phi) is 4.37. The van der Waals surface area contributed by atoms with Crippen LogP contribution in [0.25, 0.3) is 11.0 Å². The van der Waals surface area contributed by atoms with Crippen molar-refractivity contribution in [1.82, 2.24) is 4.90 Å². The Morgan fingerprint density at radius 2 is 1.96 bits per heavy atom. The molecule has 1 saturated heterocycles. The van der Waals surface area contributed by atoms with Crippen molar-refractivity contribution in [2.45, 2.75) is 5.92 Å². The average Bonchev–Trinajstić information content (AvgIpc) is 3.31. The molecule has 7 nitrogen and oxygen atoms in total. The van der Waals surface area contributed by atoms with Crippen LogP contribution in [0.1, 0.15) is 22.0 Å².